The Morgan fingerprint density at radius 2 is 1.93 bits per heavy atom. The number of carbonyl (C=O) groups excluding carboxylic acids is 1. The molecular weight excluding hydrogens is 365 g/mol. The summed E-state index contributed by atoms with van der Waals surface area (Å²) in [4.78, 5) is 21.8. The number of aryl methyl sites for hydroxylation is 1. The Hall–Kier alpha value is -2.27. The van der Waals surface area contributed by atoms with Gasteiger partial charge in [0.15, 0.2) is 0 Å². The SMILES string of the molecule is Cc1cc(Cc2ccccc2F)cc([C@@H]2CCCN(C(=O)CN3CCCC3)C2)n1. The summed E-state index contributed by atoms with van der Waals surface area (Å²) in [5.41, 5.74) is 3.78. The number of carbonyl (C=O) groups is 1. The van der Waals surface area contributed by atoms with E-state index in [4.69, 9.17) is 4.98 Å². The fraction of sp³-hybridized carbons (Fsp3) is 0.500. The third-order valence-corrected chi connectivity index (χ3v) is 6.14. The summed E-state index contributed by atoms with van der Waals surface area (Å²) in [7, 11) is 0. The van der Waals surface area contributed by atoms with Crippen LogP contribution in [0.1, 0.15) is 54.1 Å². The average Bonchev–Trinajstić information content (AvgIpc) is 3.22. The third kappa shape index (κ3) is 5.02. The zero-order chi connectivity index (χ0) is 20.2. The minimum atomic E-state index is -0.167. The standard InChI is InChI=1S/C24H30FN3O/c1-18-13-19(14-20-7-2-3-9-22(20)25)15-23(26-18)21-8-6-12-28(16-21)24(29)17-27-10-4-5-11-27/h2-3,7,9,13,15,21H,4-6,8,10-12,14,16-17H2,1H3/t21-/m1/s1. The Morgan fingerprint density at radius 3 is 2.72 bits per heavy atom. The van der Waals surface area contributed by atoms with Crippen LogP contribution in [0.4, 0.5) is 4.39 Å². The largest absolute Gasteiger partial charge is 0.341 e. The van der Waals surface area contributed by atoms with Crippen molar-refractivity contribution in [2.45, 2.75) is 44.9 Å². The molecule has 0 radical (unpaired) electrons. The van der Waals surface area contributed by atoms with Crippen molar-refractivity contribution in [3.05, 3.63) is 64.7 Å². The van der Waals surface area contributed by atoms with Crippen LogP contribution in [0.15, 0.2) is 36.4 Å². The maximum absolute atomic E-state index is 14.1. The molecule has 0 aliphatic carbocycles. The fourth-order valence-electron chi connectivity index (χ4n) is 4.62. The van der Waals surface area contributed by atoms with Gasteiger partial charge in [-0.05, 0) is 75.0 Å². The molecule has 0 unspecified atom stereocenters. The van der Waals surface area contributed by atoms with Crippen molar-refractivity contribution in [1.29, 1.82) is 0 Å². The van der Waals surface area contributed by atoms with Crippen LogP contribution >= 0.6 is 0 Å². The quantitative estimate of drug-likeness (QED) is 0.770. The van der Waals surface area contributed by atoms with Gasteiger partial charge in [0.2, 0.25) is 5.91 Å². The summed E-state index contributed by atoms with van der Waals surface area (Å²) in [6.07, 6.45) is 5.02. The molecule has 0 N–H and O–H groups in total. The molecule has 1 amide bonds. The normalized spacial score (nSPS) is 20.2. The van der Waals surface area contributed by atoms with E-state index in [0.717, 1.165) is 56.0 Å². The van der Waals surface area contributed by atoms with E-state index in [2.05, 4.69) is 11.0 Å². The van der Waals surface area contributed by atoms with E-state index in [0.29, 0.717) is 18.5 Å². The van der Waals surface area contributed by atoms with Crippen LogP contribution in [0.2, 0.25) is 0 Å². The number of halogens is 1. The van der Waals surface area contributed by atoms with Gasteiger partial charge >= 0.3 is 0 Å². The number of nitrogens with zero attached hydrogens (tertiary/aromatic N) is 3. The average molecular weight is 396 g/mol. The van der Waals surface area contributed by atoms with Crippen molar-refractivity contribution >= 4 is 5.91 Å². The maximum atomic E-state index is 14.1. The van der Waals surface area contributed by atoms with E-state index in [9.17, 15) is 9.18 Å². The predicted octanol–water partition coefficient (Wildman–Crippen LogP) is 3.92. The second-order valence-corrected chi connectivity index (χ2v) is 8.47. The lowest BCUT2D eigenvalue weighted by molar-refractivity contribution is -0.133. The third-order valence-electron chi connectivity index (χ3n) is 6.14. The zero-order valence-electron chi connectivity index (χ0n) is 17.2. The summed E-state index contributed by atoms with van der Waals surface area (Å²) in [5.74, 6) is 0.334. The molecule has 154 valence electrons. The molecule has 2 aliphatic heterocycles. The summed E-state index contributed by atoms with van der Waals surface area (Å²) in [6, 6.07) is 11.1. The Bertz CT molecular complexity index is 863. The minimum Gasteiger partial charge on any atom is -0.341 e. The van der Waals surface area contributed by atoms with Crippen LogP contribution in [0.25, 0.3) is 0 Å². The smallest absolute Gasteiger partial charge is 0.236 e. The van der Waals surface area contributed by atoms with Crippen LogP contribution in [0.3, 0.4) is 0 Å². The number of hydrogen-bond donors (Lipinski definition) is 0. The summed E-state index contributed by atoms with van der Waals surface area (Å²) < 4.78 is 14.1. The monoisotopic (exact) mass is 395 g/mol. The van der Waals surface area contributed by atoms with E-state index in [1.165, 1.54) is 18.9 Å². The van der Waals surface area contributed by atoms with Crippen LogP contribution < -0.4 is 0 Å². The van der Waals surface area contributed by atoms with E-state index in [1.807, 2.05) is 30.0 Å². The number of aromatic nitrogens is 1. The zero-order valence-corrected chi connectivity index (χ0v) is 17.2. The highest BCUT2D eigenvalue weighted by Gasteiger charge is 2.27. The number of pyridine rings is 1. The van der Waals surface area contributed by atoms with E-state index < -0.39 is 0 Å². The summed E-state index contributed by atoms with van der Waals surface area (Å²) in [5, 5.41) is 0. The van der Waals surface area contributed by atoms with Gasteiger partial charge in [-0.2, -0.15) is 0 Å². The second-order valence-electron chi connectivity index (χ2n) is 8.47. The van der Waals surface area contributed by atoms with Gasteiger partial charge in [0.1, 0.15) is 5.82 Å². The number of rotatable bonds is 5. The molecule has 4 rings (SSSR count). The molecule has 0 bridgehead atoms. The molecule has 1 atom stereocenters. The predicted molar refractivity (Wildman–Crippen MR) is 112 cm³/mol. The molecule has 0 spiro atoms. The van der Waals surface area contributed by atoms with Crippen molar-refractivity contribution in [2.75, 3.05) is 32.7 Å². The lowest BCUT2D eigenvalue weighted by Gasteiger charge is -2.33. The highest BCUT2D eigenvalue weighted by Crippen LogP contribution is 2.28. The Balaban J connectivity index is 1.46. The Morgan fingerprint density at radius 1 is 1.14 bits per heavy atom. The molecule has 2 aliphatic rings. The van der Waals surface area contributed by atoms with E-state index in [1.54, 1.807) is 6.07 Å². The van der Waals surface area contributed by atoms with Gasteiger partial charge < -0.3 is 4.90 Å². The Kier molecular flexibility index (Phi) is 6.24. The molecule has 2 saturated heterocycles. The van der Waals surface area contributed by atoms with Crippen molar-refractivity contribution in [3.8, 4) is 0 Å². The first-order valence-electron chi connectivity index (χ1n) is 10.8. The molecule has 1 aromatic carbocycles. The van der Waals surface area contributed by atoms with Crippen LogP contribution in [0.5, 0.6) is 0 Å². The highest BCUT2D eigenvalue weighted by atomic mass is 19.1. The van der Waals surface area contributed by atoms with Gasteiger partial charge in [-0.25, -0.2) is 4.39 Å². The summed E-state index contributed by atoms with van der Waals surface area (Å²) in [6.45, 7) is 6.21. The van der Waals surface area contributed by atoms with E-state index in [-0.39, 0.29) is 17.6 Å². The molecule has 2 aromatic rings. The van der Waals surface area contributed by atoms with Gasteiger partial charge in [-0.3, -0.25) is 14.7 Å². The number of likely N-dealkylation sites (tertiary alicyclic amines) is 2. The number of piperidine rings is 1. The van der Waals surface area contributed by atoms with Crippen molar-refractivity contribution in [1.82, 2.24) is 14.8 Å². The lowest BCUT2D eigenvalue weighted by atomic mass is 9.92. The number of amides is 1. The molecule has 5 heteroatoms. The maximum Gasteiger partial charge on any atom is 0.236 e. The van der Waals surface area contributed by atoms with Crippen molar-refractivity contribution in [2.24, 2.45) is 0 Å². The van der Waals surface area contributed by atoms with Crippen LogP contribution in [0, 0.1) is 12.7 Å². The first kappa shape index (κ1) is 20.0. The van der Waals surface area contributed by atoms with E-state index >= 15 is 0 Å². The molecular formula is C24H30FN3O. The topological polar surface area (TPSA) is 36.4 Å². The molecule has 29 heavy (non-hydrogen) atoms. The number of hydrogen-bond acceptors (Lipinski definition) is 3. The lowest BCUT2D eigenvalue weighted by Crippen LogP contribution is -2.44. The summed E-state index contributed by atoms with van der Waals surface area (Å²) >= 11 is 0. The molecule has 3 heterocycles. The molecule has 4 nitrogen and oxygen atoms in total. The van der Waals surface area contributed by atoms with Gasteiger partial charge in [0.25, 0.3) is 0 Å². The van der Waals surface area contributed by atoms with Gasteiger partial charge in [-0.1, -0.05) is 18.2 Å². The highest BCUT2D eigenvalue weighted by molar-refractivity contribution is 5.78. The van der Waals surface area contributed by atoms with Gasteiger partial charge in [0.05, 0.1) is 6.54 Å². The fourth-order valence-corrected chi connectivity index (χ4v) is 4.62. The molecule has 0 saturated carbocycles. The molecule has 1 aromatic heterocycles. The molecule has 2 fully saturated rings. The van der Waals surface area contributed by atoms with Crippen molar-refractivity contribution in [3.63, 3.8) is 0 Å². The second kappa shape index (κ2) is 9.04. The van der Waals surface area contributed by atoms with Crippen LogP contribution in [-0.4, -0.2) is 53.4 Å². The first-order valence-corrected chi connectivity index (χ1v) is 10.8. The van der Waals surface area contributed by atoms with Crippen molar-refractivity contribution < 1.29 is 9.18 Å². The van der Waals surface area contributed by atoms with Gasteiger partial charge in [0, 0.05) is 36.8 Å². The number of benzene rings is 1. The van der Waals surface area contributed by atoms with Crippen LogP contribution in [-0.2, 0) is 11.2 Å². The van der Waals surface area contributed by atoms with Gasteiger partial charge in [-0.15, -0.1) is 0 Å². The first-order chi connectivity index (χ1) is 14.1. The minimum absolute atomic E-state index is 0.167. The Labute approximate surface area is 172 Å².